The number of halogens is 3. The molecule has 0 saturated heterocycles. The zero-order chi connectivity index (χ0) is 10.6. The van der Waals surface area contributed by atoms with Crippen LogP contribution in [0.3, 0.4) is 0 Å². The Labute approximate surface area is 90.3 Å². The van der Waals surface area contributed by atoms with Crippen molar-refractivity contribution < 1.29 is 13.2 Å². The number of alkyl halides is 3. The van der Waals surface area contributed by atoms with Gasteiger partial charge in [0.15, 0.2) is 0 Å². The van der Waals surface area contributed by atoms with Crippen LogP contribution in [0.25, 0.3) is 0 Å². The molecule has 0 saturated carbocycles. The van der Waals surface area contributed by atoms with E-state index in [2.05, 4.69) is 12.6 Å². The molecule has 1 aromatic rings. The summed E-state index contributed by atoms with van der Waals surface area (Å²) >= 11 is 3.95. The standard InChI is InChI=1S/C9H9F3S2/c10-9(11,12)14-8-3-1-7(2-4-8)5-6-13/h1-4,13H,5-6H2. The molecule has 1 aromatic carbocycles. The van der Waals surface area contributed by atoms with Gasteiger partial charge in [-0.25, -0.2) is 0 Å². The third-order valence-electron chi connectivity index (χ3n) is 1.56. The SMILES string of the molecule is FC(F)(F)Sc1ccc(CCS)cc1. The minimum atomic E-state index is -4.20. The van der Waals surface area contributed by atoms with Crippen molar-refractivity contribution in [2.45, 2.75) is 16.8 Å². The topological polar surface area (TPSA) is 0 Å². The van der Waals surface area contributed by atoms with E-state index < -0.39 is 5.51 Å². The molecule has 0 fully saturated rings. The van der Waals surface area contributed by atoms with Crippen molar-refractivity contribution in [3.63, 3.8) is 0 Å². The molecule has 0 aliphatic heterocycles. The molecule has 0 nitrogen and oxygen atoms in total. The molecule has 0 radical (unpaired) electrons. The Morgan fingerprint density at radius 2 is 1.71 bits per heavy atom. The van der Waals surface area contributed by atoms with Crippen LogP contribution in [0.15, 0.2) is 29.2 Å². The molecule has 5 heteroatoms. The van der Waals surface area contributed by atoms with E-state index in [0.29, 0.717) is 5.75 Å². The van der Waals surface area contributed by atoms with Crippen LogP contribution < -0.4 is 0 Å². The third-order valence-corrected chi connectivity index (χ3v) is 2.52. The van der Waals surface area contributed by atoms with E-state index in [1.54, 1.807) is 12.1 Å². The van der Waals surface area contributed by atoms with Gasteiger partial charge in [0.25, 0.3) is 0 Å². The van der Waals surface area contributed by atoms with Crippen LogP contribution in [-0.2, 0) is 6.42 Å². The molecular formula is C9H9F3S2. The summed E-state index contributed by atoms with van der Waals surface area (Å²) in [5, 5.41) is 0. The smallest absolute Gasteiger partial charge is 0.179 e. The normalized spacial score (nSPS) is 11.7. The van der Waals surface area contributed by atoms with E-state index in [0.717, 1.165) is 12.0 Å². The van der Waals surface area contributed by atoms with Crippen molar-refractivity contribution in [3.8, 4) is 0 Å². The first-order valence-electron chi connectivity index (χ1n) is 3.97. The van der Waals surface area contributed by atoms with E-state index >= 15 is 0 Å². The van der Waals surface area contributed by atoms with Crippen LogP contribution in [0.1, 0.15) is 5.56 Å². The van der Waals surface area contributed by atoms with E-state index in [4.69, 9.17) is 0 Å². The zero-order valence-corrected chi connectivity index (χ0v) is 8.92. The maximum atomic E-state index is 11.9. The molecule has 1 rings (SSSR count). The van der Waals surface area contributed by atoms with Gasteiger partial charge in [-0.3, -0.25) is 0 Å². The molecular weight excluding hydrogens is 229 g/mol. The van der Waals surface area contributed by atoms with Crippen LogP contribution in [0.5, 0.6) is 0 Å². The van der Waals surface area contributed by atoms with E-state index in [-0.39, 0.29) is 16.7 Å². The molecule has 14 heavy (non-hydrogen) atoms. The van der Waals surface area contributed by atoms with Gasteiger partial charge in [-0.05, 0) is 41.6 Å². The number of aryl methyl sites for hydroxylation is 1. The van der Waals surface area contributed by atoms with Crippen molar-refractivity contribution in [2.75, 3.05) is 5.75 Å². The lowest BCUT2D eigenvalue weighted by Gasteiger charge is -2.05. The molecule has 0 amide bonds. The number of thioether (sulfide) groups is 1. The summed E-state index contributed by atoms with van der Waals surface area (Å²) in [4.78, 5) is 0.223. The average molecular weight is 238 g/mol. The Balaban J connectivity index is 2.64. The van der Waals surface area contributed by atoms with Crippen LogP contribution in [0.4, 0.5) is 13.2 Å². The number of hydrogen-bond acceptors (Lipinski definition) is 2. The van der Waals surface area contributed by atoms with Gasteiger partial charge >= 0.3 is 5.51 Å². The Hall–Kier alpha value is -0.290. The highest BCUT2D eigenvalue weighted by Gasteiger charge is 2.28. The van der Waals surface area contributed by atoms with Crippen molar-refractivity contribution in [1.82, 2.24) is 0 Å². The second-order valence-electron chi connectivity index (χ2n) is 2.67. The Kier molecular flexibility index (Phi) is 4.19. The molecule has 0 N–H and O–H groups in total. The maximum absolute atomic E-state index is 11.9. The van der Waals surface area contributed by atoms with Crippen molar-refractivity contribution >= 4 is 24.4 Å². The predicted octanol–water partition coefficient (Wildman–Crippen LogP) is 3.77. The second kappa shape index (κ2) is 4.98. The summed E-state index contributed by atoms with van der Waals surface area (Å²) in [6.07, 6.45) is 0.778. The van der Waals surface area contributed by atoms with Gasteiger partial charge in [0.1, 0.15) is 0 Å². The number of hydrogen-bond donors (Lipinski definition) is 1. The lowest BCUT2D eigenvalue weighted by molar-refractivity contribution is -0.0328. The van der Waals surface area contributed by atoms with E-state index in [9.17, 15) is 13.2 Å². The minimum absolute atomic E-state index is 0.0916. The number of benzene rings is 1. The molecule has 0 aromatic heterocycles. The van der Waals surface area contributed by atoms with Gasteiger partial charge in [0.2, 0.25) is 0 Å². The lowest BCUT2D eigenvalue weighted by Crippen LogP contribution is -1.98. The number of rotatable bonds is 3. The van der Waals surface area contributed by atoms with Crippen molar-refractivity contribution in [3.05, 3.63) is 29.8 Å². The zero-order valence-electron chi connectivity index (χ0n) is 7.21. The van der Waals surface area contributed by atoms with Gasteiger partial charge in [-0.15, -0.1) is 0 Å². The first-order chi connectivity index (χ1) is 6.51. The lowest BCUT2D eigenvalue weighted by atomic mass is 10.2. The Bertz CT molecular complexity index is 279. The van der Waals surface area contributed by atoms with Crippen LogP contribution in [-0.4, -0.2) is 11.3 Å². The van der Waals surface area contributed by atoms with Crippen LogP contribution in [0, 0.1) is 0 Å². The summed E-state index contributed by atoms with van der Waals surface area (Å²) in [6.45, 7) is 0. The van der Waals surface area contributed by atoms with Crippen molar-refractivity contribution in [1.29, 1.82) is 0 Å². The maximum Gasteiger partial charge on any atom is 0.446 e. The summed E-state index contributed by atoms with van der Waals surface area (Å²) < 4.78 is 35.8. The highest BCUT2D eigenvalue weighted by Crippen LogP contribution is 2.36. The molecule has 0 bridgehead atoms. The average Bonchev–Trinajstić information content (AvgIpc) is 2.06. The van der Waals surface area contributed by atoms with Gasteiger partial charge in [0, 0.05) is 4.90 Å². The fourth-order valence-electron chi connectivity index (χ4n) is 0.987. The molecule has 0 aliphatic carbocycles. The van der Waals surface area contributed by atoms with E-state index in [1.165, 1.54) is 12.1 Å². The first kappa shape index (κ1) is 11.8. The first-order valence-corrected chi connectivity index (χ1v) is 5.42. The number of thiol groups is 1. The monoisotopic (exact) mass is 238 g/mol. The van der Waals surface area contributed by atoms with Gasteiger partial charge in [0.05, 0.1) is 0 Å². The minimum Gasteiger partial charge on any atom is -0.179 e. The summed E-state index contributed by atoms with van der Waals surface area (Å²) in [5.41, 5.74) is -3.20. The van der Waals surface area contributed by atoms with E-state index in [1.807, 2.05) is 0 Å². The molecule has 78 valence electrons. The molecule has 0 unspecified atom stereocenters. The molecule has 0 spiro atoms. The third kappa shape index (κ3) is 4.28. The fourth-order valence-corrected chi connectivity index (χ4v) is 1.78. The fraction of sp³-hybridized carbons (Fsp3) is 0.333. The Morgan fingerprint density at radius 1 is 1.14 bits per heavy atom. The van der Waals surface area contributed by atoms with Gasteiger partial charge in [-0.1, -0.05) is 12.1 Å². The Morgan fingerprint density at radius 3 is 2.14 bits per heavy atom. The molecule has 0 atom stereocenters. The predicted molar refractivity (Wildman–Crippen MR) is 55.9 cm³/mol. The largest absolute Gasteiger partial charge is 0.446 e. The summed E-state index contributed by atoms with van der Waals surface area (Å²) in [5.74, 6) is 0.700. The quantitative estimate of drug-likeness (QED) is 0.618. The van der Waals surface area contributed by atoms with Gasteiger partial charge in [-0.2, -0.15) is 25.8 Å². The molecule has 0 heterocycles. The van der Waals surface area contributed by atoms with Crippen LogP contribution in [0.2, 0.25) is 0 Å². The molecule has 0 aliphatic rings. The summed E-state index contributed by atoms with van der Waals surface area (Å²) in [7, 11) is 0. The van der Waals surface area contributed by atoms with Gasteiger partial charge < -0.3 is 0 Å². The highest BCUT2D eigenvalue weighted by molar-refractivity contribution is 8.00. The second-order valence-corrected chi connectivity index (χ2v) is 4.25. The summed E-state index contributed by atoms with van der Waals surface area (Å²) in [6, 6.07) is 6.36. The van der Waals surface area contributed by atoms with Crippen LogP contribution >= 0.6 is 24.4 Å². The van der Waals surface area contributed by atoms with Crippen molar-refractivity contribution in [2.24, 2.45) is 0 Å². The highest BCUT2D eigenvalue weighted by atomic mass is 32.2.